The molecule has 7 nitrogen and oxygen atoms in total. The van der Waals surface area contributed by atoms with Gasteiger partial charge in [-0.1, -0.05) is 18.2 Å². The Bertz CT molecular complexity index is 915. The van der Waals surface area contributed by atoms with Gasteiger partial charge in [-0.05, 0) is 23.6 Å². The van der Waals surface area contributed by atoms with Gasteiger partial charge in [-0.25, -0.2) is 13.4 Å². The molecular weight excluding hydrogens is 348 g/mol. The first-order valence-corrected chi connectivity index (χ1v) is 9.49. The van der Waals surface area contributed by atoms with E-state index in [-0.39, 0.29) is 17.3 Å². The molecule has 0 fully saturated rings. The normalized spacial score (nSPS) is 11.9. The third-order valence-corrected chi connectivity index (χ3v) is 6.59. The Morgan fingerprint density at radius 3 is 2.79 bits per heavy atom. The van der Waals surface area contributed by atoms with E-state index in [0.29, 0.717) is 5.82 Å². The first-order valence-electron chi connectivity index (χ1n) is 7.17. The molecule has 126 valence electrons. The predicted molar refractivity (Wildman–Crippen MR) is 92.1 cm³/mol. The Kier molecular flexibility index (Phi) is 4.65. The molecule has 9 heteroatoms. The lowest BCUT2D eigenvalue weighted by Crippen LogP contribution is -2.38. The van der Waals surface area contributed by atoms with Crippen molar-refractivity contribution in [3.63, 3.8) is 0 Å². The van der Waals surface area contributed by atoms with Crippen LogP contribution < -0.4 is 5.32 Å². The minimum absolute atomic E-state index is 0.209. The summed E-state index contributed by atoms with van der Waals surface area (Å²) in [5, 5.41) is 4.36. The minimum atomic E-state index is -3.63. The van der Waals surface area contributed by atoms with Crippen LogP contribution in [-0.4, -0.2) is 42.2 Å². The van der Waals surface area contributed by atoms with E-state index in [0.717, 1.165) is 26.7 Å². The molecule has 0 saturated heterocycles. The van der Waals surface area contributed by atoms with Crippen LogP contribution in [0.15, 0.2) is 46.0 Å². The smallest absolute Gasteiger partial charge is 0.252 e. The van der Waals surface area contributed by atoms with Crippen LogP contribution in [0.5, 0.6) is 0 Å². The summed E-state index contributed by atoms with van der Waals surface area (Å²) in [5.41, 5.74) is 1.71. The van der Waals surface area contributed by atoms with E-state index in [4.69, 9.17) is 0 Å². The fourth-order valence-electron chi connectivity index (χ4n) is 2.18. The molecule has 1 amide bonds. The van der Waals surface area contributed by atoms with Gasteiger partial charge in [-0.3, -0.25) is 4.79 Å². The second kappa shape index (κ2) is 6.71. The zero-order valence-corrected chi connectivity index (χ0v) is 14.5. The van der Waals surface area contributed by atoms with Gasteiger partial charge in [-0.2, -0.15) is 4.31 Å². The van der Waals surface area contributed by atoms with Gasteiger partial charge in [0.1, 0.15) is 10.0 Å². The van der Waals surface area contributed by atoms with E-state index < -0.39 is 15.9 Å². The van der Waals surface area contributed by atoms with Crippen LogP contribution in [0, 0.1) is 0 Å². The molecule has 2 aromatic heterocycles. The number of thiophene rings is 1. The van der Waals surface area contributed by atoms with Crippen molar-refractivity contribution in [2.75, 3.05) is 13.6 Å². The largest absolute Gasteiger partial charge is 0.348 e. The lowest BCUT2D eigenvalue weighted by atomic mass is 10.3. The summed E-state index contributed by atoms with van der Waals surface area (Å²) in [5.74, 6) is 0.228. The molecule has 24 heavy (non-hydrogen) atoms. The minimum Gasteiger partial charge on any atom is -0.348 e. The Hall–Kier alpha value is -2.23. The third kappa shape index (κ3) is 3.48. The van der Waals surface area contributed by atoms with Crippen molar-refractivity contribution in [2.45, 2.75) is 10.8 Å². The summed E-state index contributed by atoms with van der Waals surface area (Å²) in [6, 6.07) is 10.7. The van der Waals surface area contributed by atoms with Crippen molar-refractivity contribution < 1.29 is 13.2 Å². The molecule has 0 bridgehead atoms. The summed E-state index contributed by atoms with van der Waals surface area (Å²) in [7, 11) is -2.24. The SMILES string of the molecule is CN(CC(=O)NCc1nc2ccccc2[nH]1)S(=O)(=O)c1cccs1. The van der Waals surface area contributed by atoms with E-state index in [2.05, 4.69) is 15.3 Å². The fraction of sp³-hybridized carbons (Fsp3) is 0.200. The van der Waals surface area contributed by atoms with E-state index in [1.807, 2.05) is 24.3 Å². The van der Waals surface area contributed by atoms with Crippen LogP contribution in [0.1, 0.15) is 5.82 Å². The van der Waals surface area contributed by atoms with Crippen molar-refractivity contribution in [2.24, 2.45) is 0 Å². The molecule has 1 aromatic carbocycles. The Morgan fingerprint density at radius 2 is 2.08 bits per heavy atom. The molecule has 0 aliphatic carbocycles. The molecule has 0 radical (unpaired) electrons. The lowest BCUT2D eigenvalue weighted by Gasteiger charge is -2.15. The number of para-hydroxylation sites is 2. The number of nitrogens with zero attached hydrogens (tertiary/aromatic N) is 2. The highest BCUT2D eigenvalue weighted by atomic mass is 32.2. The standard InChI is InChI=1S/C15H16N4O3S2/c1-19(24(21,22)15-7-4-8-23-15)10-14(20)16-9-13-17-11-5-2-3-6-12(11)18-13/h2-8H,9-10H2,1H3,(H,16,20)(H,17,18). The summed E-state index contributed by atoms with van der Waals surface area (Å²) in [4.78, 5) is 19.5. The van der Waals surface area contributed by atoms with E-state index in [1.165, 1.54) is 13.1 Å². The number of aromatic amines is 1. The van der Waals surface area contributed by atoms with Gasteiger partial charge >= 0.3 is 0 Å². The van der Waals surface area contributed by atoms with E-state index in [9.17, 15) is 13.2 Å². The zero-order valence-electron chi connectivity index (χ0n) is 12.9. The predicted octanol–water partition coefficient (Wildman–Crippen LogP) is 1.56. The number of benzene rings is 1. The van der Waals surface area contributed by atoms with Gasteiger partial charge in [0, 0.05) is 7.05 Å². The van der Waals surface area contributed by atoms with Crippen LogP contribution in [0.3, 0.4) is 0 Å². The molecule has 0 saturated carbocycles. The topological polar surface area (TPSA) is 95.2 Å². The lowest BCUT2D eigenvalue weighted by molar-refractivity contribution is -0.121. The summed E-state index contributed by atoms with van der Waals surface area (Å²) in [6.45, 7) is -0.0408. The van der Waals surface area contributed by atoms with Crippen molar-refractivity contribution in [3.05, 3.63) is 47.6 Å². The van der Waals surface area contributed by atoms with Crippen LogP contribution in [0.2, 0.25) is 0 Å². The first kappa shape index (κ1) is 16.6. The molecular formula is C15H16N4O3S2. The summed E-state index contributed by atoms with van der Waals surface area (Å²) >= 11 is 1.12. The van der Waals surface area contributed by atoms with Gasteiger partial charge in [-0.15, -0.1) is 11.3 Å². The molecule has 0 atom stereocenters. The van der Waals surface area contributed by atoms with Crippen LogP contribution >= 0.6 is 11.3 Å². The highest BCUT2D eigenvalue weighted by Gasteiger charge is 2.23. The number of sulfonamides is 1. The van der Waals surface area contributed by atoms with Crippen LogP contribution in [-0.2, 0) is 21.4 Å². The second-order valence-corrected chi connectivity index (χ2v) is 8.39. The number of nitrogens with one attached hydrogen (secondary N) is 2. The maximum absolute atomic E-state index is 12.3. The maximum atomic E-state index is 12.3. The molecule has 0 aliphatic rings. The Balaban J connectivity index is 1.59. The quantitative estimate of drug-likeness (QED) is 0.694. The van der Waals surface area contributed by atoms with Crippen molar-refractivity contribution in [1.82, 2.24) is 19.6 Å². The Morgan fingerprint density at radius 1 is 1.29 bits per heavy atom. The second-order valence-electron chi connectivity index (χ2n) is 5.17. The van der Waals surface area contributed by atoms with Crippen molar-refractivity contribution >= 4 is 38.3 Å². The number of imidazole rings is 1. The number of H-pyrrole nitrogens is 1. The van der Waals surface area contributed by atoms with Gasteiger partial charge in [0.2, 0.25) is 5.91 Å². The number of aromatic nitrogens is 2. The van der Waals surface area contributed by atoms with E-state index in [1.54, 1.807) is 11.4 Å². The average molecular weight is 364 g/mol. The number of carbonyl (C=O) groups excluding carboxylic acids is 1. The summed E-state index contributed by atoms with van der Waals surface area (Å²) in [6.07, 6.45) is 0. The number of fused-ring (bicyclic) bond motifs is 1. The van der Waals surface area contributed by atoms with Crippen molar-refractivity contribution in [1.29, 1.82) is 0 Å². The number of carbonyl (C=O) groups is 1. The first-order chi connectivity index (χ1) is 11.5. The van der Waals surface area contributed by atoms with Crippen LogP contribution in [0.25, 0.3) is 11.0 Å². The fourth-order valence-corrected chi connectivity index (χ4v) is 4.51. The van der Waals surface area contributed by atoms with Crippen LogP contribution in [0.4, 0.5) is 0 Å². The molecule has 0 aliphatic heterocycles. The van der Waals surface area contributed by atoms with E-state index >= 15 is 0 Å². The number of hydrogen-bond acceptors (Lipinski definition) is 5. The Labute approximate surface area is 143 Å². The van der Waals surface area contributed by atoms with Gasteiger partial charge in [0.25, 0.3) is 10.0 Å². The number of amides is 1. The highest BCUT2D eigenvalue weighted by Crippen LogP contribution is 2.19. The number of rotatable bonds is 6. The average Bonchev–Trinajstić information content (AvgIpc) is 3.22. The maximum Gasteiger partial charge on any atom is 0.252 e. The molecule has 2 heterocycles. The highest BCUT2D eigenvalue weighted by molar-refractivity contribution is 7.91. The monoisotopic (exact) mass is 364 g/mol. The molecule has 3 rings (SSSR count). The number of likely N-dealkylation sites (N-methyl/N-ethyl adjacent to an activating group) is 1. The third-order valence-electron chi connectivity index (χ3n) is 3.42. The van der Waals surface area contributed by atoms with Gasteiger partial charge in [0.15, 0.2) is 0 Å². The van der Waals surface area contributed by atoms with Crippen molar-refractivity contribution in [3.8, 4) is 0 Å². The number of hydrogen-bond donors (Lipinski definition) is 2. The summed E-state index contributed by atoms with van der Waals surface area (Å²) < 4.78 is 25.8. The van der Waals surface area contributed by atoms with Gasteiger partial charge < -0.3 is 10.3 Å². The molecule has 3 aromatic rings. The molecule has 2 N–H and O–H groups in total. The molecule has 0 unspecified atom stereocenters. The van der Waals surface area contributed by atoms with Gasteiger partial charge in [0.05, 0.1) is 24.1 Å². The molecule has 0 spiro atoms. The zero-order chi connectivity index (χ0) is 17.2.